The molecule has 3 nitrogen and oxygen atoms in total. The van der Waals surface area contributed by atoms with Crippen LogP contribution in [0.25, 0.3) is 0 Å². The van der Waals surface area contributed by atoms with Crippen LogP contribution in [0.2, 0.25) is 5.02 Å². The third kappa shape index (κ3) is 2.66. The Morgan fingerprint density at radius 2 is 2.50 bits per heavy atom. The van der Waals surface area contributed by atoms with Crippen LogP contribution in [-0.4, -0.2) is 30.8 Å². The Kier molecular flexibility index (Phi) is 4.02. The van der Waals surface area contributed by atoms with Crippen LogP contribution in [0, 0.1) is 0 Å². The molecule has 0 bridgehead atoms. The minimum absolute atomic E-state index is 0.317. The van der Waals surface area contributed by atoms with Crippen molar-refractivity contribution in [1.29, 1.82) is 0 Å². The number of pyridine rings is 1. The Balaban J connectivity index is 2.07. The molecule has 0 saturated carbocycles. The van der Waals surface area contributed by atoms with E-state index in [9.17, 15) is 0 Å². The Morgan fingerprint density at radius 1 is 1.62 bits per heavy atom. The van der Waals surface area contributed by atoms with E-state index in [1.165, 1.54) is 0 Å². The Labute approximate surface area is 101 Å². The zero-order valence-corrected chi connectivity index (χ0v) is 10.3. The largest absolute Gasteiger partial charge is 0.377 e. The summed E-state index contributed by atoms with van der Waals surface area (Å²) in [4.78, 5) is 6.55. The zero-order valence-electron chi connectivity index (χ0n) is 9.53. The molecule has 1 atom stereocenters. The molecule has 0 radical (unpaired) electrons. The normalized spacial score (nSPS) is 21.1. The quantitative estimate of drug-likeness (QED) is 0.813. The topological polar surface area (TPSA) is 25.4 Å². The lowest BCUT2D eigenvalue weighted by atomic mass is 10.1. The molecule has 1 saturated heterocycles. The van der Waals surface area contributed by atoms with Gasteiger partial charge in [-0.1, -0.05) is 11.6 Å². The molecule has 2 heterocycles. The van der Waals surface area contributed by atoms with Crippen LogP contribution >= 0.6 is 11.6 Å². The maximum Gasteiger partial charge on any atom is 0.147 e. The van der Waals surface area contributed by atoms with Crippen LogP contribution in [0.5, 0.6) is 0 Å². The van der Waals surface area contributed by atoms with E-state index in [0.717, 1.165) is 43.4 Å². The fourth-order valence-corrected chi connectivity index (χ4v) is 2.35. The second-order valence-electron chi connectivity index (χ2n) is 3.97. The van der Waals surface area contributed by atoms with E-state index < -0.39 is 0 Å². The predicted octanol–water partition coefficient (Wildman–Crippen LogP) is 2.74. The van der Waals surface area contributed by atoms with Crippen LogP contribution in [0.4, 0.5) is 5.82 Å². The van der Waals surface area contributed by atoms with Gasteiger partial charge in [-0.25, -0.2) is 4.98 Å². The van der Waals surface area contributed by atoms with Gasteiger partial charge in [0.05, 0.1) is 11.1 Å². The fraction of sp³-hybridized carbons (Fsp3) is 0.583. The standard InChI is InChI=1S/C12H17ClN2O/c1-2-16-10-5-4-8-15(9-10)12-11(13)6-3-7-14-12/h3,6-7,10H,2,4-5,8-9H2,1H3. The molecule has 4 heteroatoms. The van der Waals surface area contributed by atoms with Gasteiger partial charge in [-0.15, -0.1) is 0 Å². The number of hydrogen-bond donors (Lipinski definition) is 0. The number of piperidine rings is 1. The SMILES string of the molecule is CCOC1CCCN(c2ncccc2Cl)C1. The summed E-state index contributed by atoms with van der Waals surface area (Å²) in [6.45, 7) is 4.71. The molecule has 0 spiro atoms. The molecule has 1 fully saturated rings. The minimum atomic E-state index is 0.317. The summed E-state index contributed by atoms with van der Waals surface area (Å²) >= 11 is 6.14. The van der Waals surface area contributed by atoms with Gasteiger partial charge in [0.15, 0.2) is 0 Å². The van der Waals surface area contributed by atoms with E-state index in [4.69, 9.17) is 16.3 Å². The van der Waals surface area contributed by atoms with Gasteiger partial charge in [-0.3, -0.25) is 0 Å². The first-order valence-electron chi connectivity index (χ1n) is 5.78. The molecular weight excluding hydrogens is 224 g/mol. The number of ether oxygens (including phenoxy) is 1. The monoisotopic (exact) mass is 240 g/mol. The highest BCUT2D eigenvalue weighted by molar-refractivity contribution is 6.32. The molecule has 2 rings (SSSR count). The van der Waals surface area contributed by atoms with E-state index in [1.54, 1.807) is 6.20 Å². The van der Waals surface area contributed by atoms with Crippen LogP contribution in [0.3, 0.4) is 0 Å². The van der Waals surface area contributed by atoms with Gasteiger partial charge in [0.2, 0.25) is 0 Å². The average molecular weight is 241 g/mol. The maximum atomic E-state index is 6.14. The number of nitrogens with zero attached hydrogens (tertiary/aromatic N) is 2. The van der Waals surface area contributed by atoms with Crippen LogP contribution in [-0.2, 0) is 4.74 Å². The summed E-state index contributed by atoms with van der Waals surface area (Å²) in [6.07, 6.45) is 4.37. The van der Waals surface area contributed by atoms with Crippen molar-refractivity contribution in [2.45, 2.75) is 25.9 Å². The van der Waals surface area contributed by atoms with Gasteiger partial charge in [-0.05, 0) is 31.9 Å². The molecular formula is C12H17ClN2O. The Hall–Kier alpha value is -0.800. The molecule has 1 aliphatic heterocycles. The highest BCUT2D eigenvalue weighted by Crippen LogP contribution is 2.25. The summed E-state index contributed by atoms with van der Waals surface area (Å²) in [7, 11) is 0. The van der Waals surface area contributed by atoms with Gasteiger partial charge in [0, 0.05) is 25.9 Å². The molecule has 1 aliphatic rings. The predicted molar refractivity (Wildman–Crippen MR) is 66.1 cm³/mol. The molecule has 88 valence electrons. The van der Waals surface area contributed by atoms with Crippen LogP contribution < -0.4 is 4.90 Å². The van der Waals surface area contributed by atoms with E-state index in [2.05, 4.69) is 9.88 Å². The van der Waals surface area contributed by atoms with Crippen molar-refractivity contribution in [3.8, 4) is 0 Å². The van der Waals surface area contributed by atoms with Gasteiger partial charge < -0.3 is 9.64 Å². The molecule has 1 aromatic rings. The highest BCUT2D eigenvalue weighted by atomic mass is 35.5. The molecule has 0 N–H and O–H groups in total. The summed E-state index contributed by atoms with van der Waals surface area (Å²) in [5.41, 5.74) is 0. The van der Waals surface area contributed by atoms with Crippen LogP contribution in [0.1, 0.15) is 19.8 Å². The lowest BCUT2D eigenvalue weighted by Crippen LogP contribution is -2.40. The number of halogens is 1. The molecule has 0 aliphatic carbocycles. The summed E-state index contributed by atoms with van der Waals surface area (Å²) < 4.78 is 5.66. The molecule has 16 heavy (non-hydrogen) atoms. The van der Waals surface area contributed by atoms with E-state index in [-0.39, 0.29) is 0 Å². The van der Waals surface area contributed by atoms with Crippen molar-refractivity contribution in [2.24, 2.45) is 0 Å². The number of hydrogen-bond acceptors (Lipinski definition) is 3. The molecule has 1 unspecified atom stereocenters. The van der Waals surface area contributed by atoms with Gasteiger partial charge in [0.25, 0.3) is 0 Å². The van der Waals surface area contributed by atoms with Gasteiger partial charge in [0.1, 0.15) is 5.82 Å². The minimum Gasteiger partial charge on any atom is -0.377 e. The zero-order chi connectivity index (χ0) is 11.4. The smallest absolute Gasteiger partial charge is 0.147 e. The molecule has 1 aromatic heterocycles. The van der Waals surface area contributed by atoms with Crippen molar-refractivity contribution < 1.29 is 4.74 Å². The summed E-state index contributed by atoms with van der Waals surface area (Å²) in [5.74, 6) is 0.883. The van der Waals surface area contributed by atoms with Crippen LogP contribution in [0.15, 0.2) is 18.3 Å². The third-order valence-electron chi connectivity index (χ3n) is 2.82. The first-order valence-corrected chi connectivity index (χ1v) is 6.16. The van der Waals surface area contributed by atoms with Crippen molar-refractivity contribution in [1.82, 2.24) is 4.98 Å². The lowest BCUT2D eigenvalue weighted by Gasteiger charge is -2.33. The second kappa shape index (κ2) is 5.51. The lowest BCUT2D eigenvalue weighted by molar-refractivity contribution is 0.0525. The van der Waals surface area contributed by atoms with Gasteiger partial charge in [-0.2, -0.15) is 0 Å². The summed E-state index contributed by atoms with van der Waals surface area (Å²) in [6, 6.07) is 3.74. The van der Waals surface area contributed by atoms with E-state index >= 15 is 0 Å². The van der Waals surface area contributed by atoms with Crippen molar-refractivity contribution in [3.05, 3.63) is 23.4 Å². The fourth-order valence-electron chi connectivity index (χ4n) is 2.11. The third-order valence-corrected chi connectivity index (χ3v) is 3.11. The van der Waals surface area contributed by atoms with Crippen molar-refractivity contribution >= 4 is 17.4 Å². The second-order valence-corrected chi connectivity index (χ2v) is 4.38. The molecule has 0 amide bonds. The Morgan fingerprint density at radius 3 is 3.25 bits per heavy atom. The van der Waals surface area contributed by atoms with E-state index in [0.29, 0.717) is 6.10 Å². The number of rotatable bonds is 3. The maximum absolute atomic E-state index is 6.14. The highest BCUT2D eigenvalue weighted by Gasteiger charge is 2.22. The first-order chi connectivity index (χ1) is 7.81. The summed E-state index contributed by atoms with van der Waals surface area (Å²) in [5, 5.41) is 0.722. The van der Waals surface area contributed by atoms with E-state index in [1.807, 2.05) is 19.1 Å². The first kappa shape index (κ1) is 11.7. The van der Waals surface area contributed by atoms with Gasteiger partial charge >= 0.3 is 0 Å². The number of aromatic nitrogens is 1. The van der Waals surface area contributed by atoms with Crippen molar-refractivity contribution in [3.63, 3.8) is 0 Å². The number of anilines is 1. The average Bonchev–Trinajstić information content (AvgIpc) is 2.30. The molecule has 0 aromatic carbocycles. The Bertz CT molecular complexity index is 344. The van der Waals surface area contributed by atoms with Crippen molar-refractivity contribution in [2.75, 3.05) is 24.6 Å².